The van der Waals surface area contributed by atoms with Gasteiger partial charge < -0.3 is 15.8 Å². The van der Waals surface area contributed by atoms with E-state index >= 15 is 0 Å². The summed E-state index contributed by atoms with van der Waals surface area (Å²) in [7, 11) is 1.33. The summed E-state index contributed by atoms with van der Waals surface area (Å²) in [4.78, 5) is 16.8. The summed E-state index contributed by atoms with van der Waals surface area (Å²) in [5.74, 6) is -0.452. The molecule has 1 aromatic carbocycles. The fourth-order valence-electron chi connectivity index (χ4n) is 1.46. The quantitative estimate of drug-likeness (QED) is 0.657. The van der Waals surface area contributed by atoms with Crippen molar-refractivity contribution in [3.05, 3.63) is 34.8 Å². The molecule has 0 unspecified atom stereocenters. The van der Waals surface area contributed by atoms with Crippen LogP contribution in [0.2, 0.25) is 0 Å². The third-order valence-electron chi connectivity index (χ3n) is 2.33. The van der Waals surface area contributed by atoms with Gasteiger partial charge in [0.15, 0.2) is 5.13 Å². The number of ether oxygens (including phenoxy) is 1. The van der Waals surface area contributed by atoms with Gasteiger partial charge in [-0.3, -0.25) is 0 Å². The van der Waals surface area contributed by atoms with Crippen molar-refractivity contribution in [2.45, 2.75) is 6.92 Å². The van der Waals surface area contributed by atoms with E-state index < -0.39 is 5.97 Å². The highest BCUT2D eigenvalue weighted by molar-refractivity contribution is 7.15. The van der Waals surface area contributed by atoms with Crippen LogP contribution in [0.3, 0.4) is 0 Å². The normalized spacial score (nSPS) is 10.1. The second-order valence-corrected chi connectivity index (χ2v) is 4.93. The molecule has 0 radical (unpaired) electrons. The molecule has 6 heteroatoms. The molecule has 0 aliphatic carbocycles. The van der Waals surface area contributed by atoms with Crippen LogP contribution >= 0.6 is 11.3 Å². The number of nitrogens with two attached hydrogens (primary N) is 1. The summed E-state index contributed by atoms with van der Waals surface area (Å²) < 4.78 is 4.67. The summed E-state index contributed by atoms with van der Waals surface area (Å²) in [6.07, 6.45) is 1.78. The van der Waals surface area contributed by atoms with E-state index in [-0.39, 0.29) is 0 Å². The first-order chi connectivity index (χ1) is 8.60. The molecule has 3 N–H and O–H groups in total. The summed E-state index contributed by atoms with van der Waals surface area (Å²) >= 11 is 1.54. The Morgan fingerprint density at radius 2 is 2.28 bits per heavy atom. The average Bonchev–Trinajstić information content (AvgIpc) is 2.76. The number of rotatable bonds is 3. The molecule has 1 heterocycles. The van der Waals surface area contributed by atoms with E-state index in [1.807, 2.05) is 6.92 Å². The first-order valence-corrected chi connectivity index (χ1v) is 6.09. The largest absolute Gasteiger partial charge is 0.465 e. The van der Waals surface area contributed by atoms with Crippen molar-refractivity contribution in [1.29, 1.82) is 0 Å². The molecule has 94 valence electrons. The Kier molecular flexibility index (Phi) is 3.47. The number of carbonyl (C=O) groups is 1. The first-order valence-electron chi connectivity index (χ1n) is 5.27. The Hall–Kier alpha value is -2.08. The molecule has 0 saturated heterocycles. The lowest BCUT2D eigenvalue weighted by Crippen LogP contribution is -2.06. The van der Waals surface area contributed by atoms with Crippen LogP contribution in [0.4, 0.5) is 16.5 Å². The highest BCUT2D eigenvalue weighted by Crippen LogP contribution is 2.24. The number of carbonyl (C=O) groups excluding carboxylic acids is 1. The average molecular weight is 263 g/mol. The molecule has 2 aromatic rings. The first kappa shape index (κ1) is 12.4. The number of hydrogen-bond donors (Lipinski definition) is 2. The highest BCUT2D eigenvalue weighted by atomic mass is 32.1. The molecule has 0 spiro atoms. The standard InChI is InChI=1S/C12H13N3O2S/c1-7-6-14-12(18-7)15-8-3-4-10(13)9(5-8)11(16)17-2/h3-6H,13H2,1-2H3,(H,14,15). The molecule has 0 atom stereocenters. The number of nitrogen functional groups attached to an aromatic ring is 1. The monoisotopic (exact) mass is 263 g/mol. The minimum atomic E-state index is -0.452. The van der Waals surface area contributed by atoms with E-state index in [9.17, 15) is 4.79 Å². The number of benzene rings is 1. The number of aryl methyl sites for hydroxylation is 1. The predicted molar refractivity (Wildman–Crippen MR) is 72.3 cm³/mol. The van der Waals surface area contributed by atoms with E-state index in [0.717, 1.165) is 15.7 Å². The minimum absolute atomic E-state index is 0.343. The zero-order valence-corrected chi connectivity index (χ0v) is 10.9. The molecule has 2 rings (SSSR count). The maximum absolute atomic E-state index is 11.5. The molecule has 5 nitrogen and oxygen atoms in total. The topological polar surface area (TPSA) is 77.2 Å². The fraction of sp³-hybridized carbons (Fsp3) is 0.167. The van der Waals surface area contributed by atoms with Crippen LogP contribution in [0.5, 0.6) is 0 Å². The van der Waals surface area contributed by atoms with Crippen molar-refractivity contribution < 1.29 is 9.53 Å². The Morgan fingerprint density at radius 1 is 1.50 bits per heavy atom. The van der Waals surface area contributed by atoms with Crippen LogP contribution in [0, 0.1) is 6.92 Å². The van der Waals surface area contributed by atoms with Gasteiger partial charge in [-0.1, -0.05) is 0 Å². The van der Waals surface area contributed by atoms with Crippen molar-refractivity contribution in [2.75, 3.05) is 18.2 Å². The van der Waals surface area contributed by atoms with Crippen LogP contribution in [0.25, 0.3) is 0 Å². The molecule has 0 fully saturated rings. The molecule has 0 amide bonds. The van der Waals surface area contributed by atoms with Gasteiger partial charge in [0.2, 0.25) is 0 Å². The minimum Gasteiger partial charge on any atom is -0.465 e. The maximum Gasteiger partial charge on any atom is 0.340 e. The second-order valence-electron chi connectivity index (χ2n) is 3.69. The van der Waals surface area contributed by atoms with Gasteiger partial charge in [-0.05, 0) is 25.1 Å². The molecule has 0 aliphatic rings. The summed E-state index contributed by atoms with van der Waals surface area (Å²) in [6, 6.07) is 5.10. The van der Waals surface area contributed by atoms with Crippen LogP contribution < -0.4 is 11.1 Å². The zero-order chi connectivity index (χ0) is 13.1. The Bertz CT molecular complexity index is 580. The van der Waals surface area contributed by atoms with Gasteiger partial charge in [0, 0.05) is 22.4 Å². The van der Waals surface area contributed by atoms with Crippen LogP contribution in [-0.2, 0) is 4.74 Å². The van der Waals surface area contributed by atoms with Crippen molar-refractivity contribution in [3.8, 4) is 0 Å². The van der Waals surface area contributed by atoms with E-state index in [4.69, 9.17) is 5.73 Å². The number of anilines is 3. The molecule has 0 aliphatic heterocycles. The van der Waals surface area contributed by atoms with E-state index in [1.54, 1.807) is 24.4 Å². The zero-order valence-electron chi connectivity index (χ0n) is 10.1. The Labute approximate surface area is 109 Å². The number of nitrogens with one attached hydrogen (secondary N) is 1. The van der Waals surface area contributed by atoms with Gasteiger partial charge in [-0.25, -0.2) is 9.78 Å². The van der Waals surface area contributed by atoms with Gasteiger partial charge >= 0.3 is 5.97 Å². The van der Waals surface area contributed by atoms with E-state index in [0.29, 0.717) is 11.3 Å². The van der Waals surface area contributed by atoms with E-state index in [1.165, 1.54) is 18.4 Å². The van der Waals surface area contributed by atoms with Gasteiger partial charge in [-0.15, -0.1) is 11.3 Å². The van der Waals surface area contributed by atoms with Gasteiger partial charge in [0.25, 0.3) is 0 Å². The third kappa shape index (κ3) is 2.60. The summed E-state index contributed by atoms with van der Waals surface area (Å²) in [5, 5.41) is 3.89. The van der Waals surface area contributed by atoms with Crippen molar-refractivity contribution in [2.24, 2.45) is 0 Å². The number of hydrogen-bond acceptors (Lipinski definition) is 6. The number of methoxy groups -OCH3 is 1. The van der Waals surface area contributed by atoms with E-state index in [2.05, 4.69) is 15.0 Å². The molecule has 1 aromatic heterocycles. The summed E-state index contributed by atoms with van der Waals surface area (Å²) in [5.41, 5.74) is 7.21. The molecule has 0 saturated carbocycles. The van der Waals surface area contributed by atoms with Crippen LogP contribution in [0.1, 0.15) is 15.2 Å². The van der Waals surface area contributed by atoms with Crippen LogP contribution in [-0.4, -0.2) is 18.1 Å². The molecular weight excluding hydrogens is 250 g/mol. The number of aromatic nitrogens is 1. The maximum atomic E-state index is 11.5. The highest BCUT2D eigenvalue weighted by Gasteiger charge is 2.11. The molecule has 0 bridgehead atoms. The lowest BCUT2D eigenvalue weighted by Gasteiger charge is -2.07. The number of thiazole rings is 1. The molecule has 18 heavy (non-hydrogen) atoms. The number of esters is 1. The third-order valence-corrected chi connectivity index (χ3v) is 3.16. The number of nitrogens with zero attached hydrogens (tertiary/aromatic N) is 1. The Balaban J connectivity index is 2.27. The molecular formula is C12H13N3O2S. The van der Waals surface area contributed by atoms with Gasteiger partial charge in [-0.2, -0.15) is 0 Å². The SMILES string of the molecule is COC(=O)c1cc(Nc2ncc(C)s2)ccc1N. The van der Waals surface area contributed by atoms with Gasteiger partial charge in [0.1, 0.15) is 0 Å². The van der Waals surface area contributed by atoms with Crippen molar-refractivity contribution in [1.82, 2.24) is 4.98 Å². The van der Waals surface area contributed by atoms with Gasteiger partial charge in [0.05, 0.1) is 12.7 Å². The Morgan fingerprint density at radius 3 is 2.89 bits per heavy atom. The van der Waals surface area contributed by atoms with Crippen molar-refractivity contribution in [3.63, 3.8) is 0 Å². The second kappa shape index (κ2) is 5.05. The smallest absolute Gasteiger partial charge is 0.340 e. The lowest BCUT2D eigenvalue weighted by molar-refractivity contribution is 0.0602. The summed E-state index contributed by atoms with van der Waals surface area (Å²) in [6.45, 7) is 1.98. The van der Waals surface area contributed by atoms with Crippen LogP contribution in [0.15, 0.2) is 24.4 Å². The lowest BCUT2D eigenvalue weighted by atomic mass is 10.1. The predicted octanol–water partition coefficient (Wildman–Crippen LogP) is 2.56. The fourth-order valence-corrected chi connectivity index (χ4v) is 2.14. The van der Waals surface area contributed by atoms with Crippen molar-refractivity contribution >= 4 is 33.8 Å².